The minimum absolute atomic E-state index is 0.187. The van der Waals surface area contributed by atoms with Gasteiger partial charge in [0.25, 0.3) is 0 Å². The number of nitrogens with one attached hydrogen (secondary N) is 2. The smallest absolute Gasteiger partial charge is 0.159 e. The lowest BCUT2D eigenvalue weighted by atomic mass is 10.1. The summed E-state index contributed by atoms with van der Waals surface area (Å²) in [5.41, 5.74) is 3.51. The molecule has 4 heterocycles. The van der Waals surface area contributed by atoms with Gasteiger partial charge in [0, 0.05) is 43.6 Å². The topological polar surface area (TPSA) is 92.5 Å². The first-order chi connectivity index (χ1) is 17.6. The fourth-order valence-electron chi connectivity index (χ4n) is 4.58. The molecule has 1 atom stereocenters. The van der Waals surface area contributed by atoms with Gasteiger partial charge < -0.3 is 20.3 Å². The van der Waals surface area contributed by atoms with Crippen molar-refractivity contribution >= 4 is 33.7 Å². The quantitative estimate of drug-likeness (QED) is 0.378. The number of anilines is 3. The van der Waals surface area contributed by atoms with E-state index >= 15 is 4.39 Å². The summed E-state index contributed by atoms with van der Waals surface area (Å²) in [5.74, 6) is 1.48. The van der Waals surface area contributed by atoms with E-state index in [4.69, 9.17) is 4.74 Å². The molecule has 36 heavy (non-hydrogen) atoms. The van der Waals surface area contributed by atoms with Crippen LogP contribution < -0.4 is 20.3 Å². The third kappa shape index (κ3) is 4.05. The fraction of sp³-hybridized carbons (Fsp3) is 0.231. The number of hydrogen-bond acceptors (Lipinski definition) is 8. The van der Waals surface area contributed by atoms with Gasteiger partial charge in [0.05, 0.1) is 16.6 Å². The first kappa shape index (κ1) is 22.2. The SMILES string of the molecule is Cc1cc(Nc2ncnc3ccc(N4CCNCC4C)c(F)c23)ccc1Oc1ccn2ncnc2c1. The van der Waals surface area contributed by atoms with Crippen LogP contribution in [0.3, 0.4) is 0 Å². The average molecular weight is 485 g/mol. The standard InChI is InChI=1S/C26H25FN8O/c1-16-11-18(3-6-22(16)36-19-7-9-35-23(12-19)30-15-32-35)33-26-24-20(29-14-31-26)4-5-21(25(24)27)34-10-8-28-13-17(34)2/h3-7,9,11-12,14-15,17,28H,8,10,13H2,1-2H3,(H,29,31,33). The van der Waals surface area contributed by atoms with Crippen LogP contribution in [0.15, 0.2) is 61.3 Å². The molecule has 5 aromatic rings. The molecule has 2 N–H and O–H groups in total. The van der Waals surface area contributed by atoms with Crippen molar-refractivity contribution in [3.8, 4) is 11.5 Å². The molecule has 1 aliphatic heterocycles. The summed E-state index contributed by atoms with van der Waals surface area (Å²) >= 11 is 0. The van der Waals surface area contributed by atoms with Crippen molar-refractivity contribution in [2.24, 2.45) is 0 Å². The molecular weight excluding hydrogens is 459 g/mol. The summed E-state index contributed by atoms with van der Waals surface area (Å²) in [6.45, 7) is 6.42. The first-order valence-electron chi connectivity index (χ1n) is 11.8. The molecule has 1 fully saturated rings. The fourth-order valence-corrected chi connectivity index (χ4v) is 4.58. The van der Waals surface area contributed by atoms with Gasteiger partial charge in [0.1, 0.15) is 30.0 Å². The van der Waals surface area contributed by atoms with Crippen LogP contribution in [0.2, 0.25) is 0 Å². The molecule has 1 aliphatic rings. The summed E-state index contributed by atoms with van der Waals surface area (Å²) in [5, 5.41) is 11.1. The Morgan fingerprint density at radius 1 is 1.08 bits per heavy atom. The number of ether oxygens (including phenoxy) is 1. The second-order valence-electron chi connectivity index (χ2n) is 8.89. The van der Waals surface area contributed by atoms with E-state index in [1.54, 1.807) is 10.7 Å². The maximum atomic E-state index is 15.9. The van der Waals surface area contributed by atoms with E-state index in [1.165, 1.54) is 12.7 Å². The molecular formula is C26H25FN8O. The van der Waals surface area contributed by atoms with E-state index in [0.29, 0.717) is 39.6 Å². The van der Waals surface area contributed by atoms with Gasteiger partial charge in [0.15, 0.2) is 11.5 Å². The van der Waals surface area contributed by atoms with Gasteiger partial charge in [-0.15, -0.1) is 0 Å². The number of rotatable bonds is 5. The Hall–Kier alpha value is -4.31. The van der Waals surface area contributed by atoms with Crippen LogP contribution in [0.1, 0.15) is 12.5 Å². The molecule has 3 aromatic heterocycles. The van der Waals surface area contributed by atoms with E-state index < -0.39 is 0 Å². The van der Waals surface area contributed by atoms with Gasteiger partial charge in [-0.05, 0) is 55.8 Å². The number of halogens is 1. The van der Waals surface area contributed by atoms with Gasteiger partial charge in [-0.25, -0.2) is 23.9 Å². The summed E-state index contributed by atoms with van der Waals surface area (Å²) in [7, 11) is 0. The number of aromatic nitrogens is 5. The van der Waals surface area contributed by atoms with Crippen LogP contribution in [0.5, 0.6) is 11.5 Å². The summed E-state index contributed by atoms with van der Waals surface area (Å²) in [6.07, 6.45) is 4.74. The molecule has 2 aromatic carbocycles. The number of nitrogens with zero attached hydrogens (tertiary/aromatic N) is 6. The van der Waals surface area contributed by atoms with Gasteiger partial charge >= 0.3 is 0 Å². The highest BCUT2D eigenvalue weighted by atomic mass is 19.1. The van der Waals surface area contributed by atoms with Crippen LogP contribution in [-0.2, 0) is 0 Å². The Morgan fingerprint density at radius 2 is 2.00 bits per heavy atom. The third-order valence-electron chi connectivity index (χ3n) is 6.45. The molecule has 1 unspecified atom stereocenters. The van der Waals surface area contributed by atoms with E-state index in [9.17, 15) is 0 Å². The van der Waals surface area contributed by atoms with Crippen molar-refractivity contribution in [3.63, 3.8) is 0 Å². The molecule has 10 heteroatoms. The van der Waals surface area contributed by atoms with Crippen LogP contribution in [0, 0.1) is 12.7 Å². The monoisotopic (exact) mass is 484 g/mol. The van der Waals surface area contributed by atoms with Crippen LogP contribution in [0.25, 0.3) is 16.6 Å². The van der Waals surface area contributed by atoms with Gasteiger partial charge in [-0.2, -0.15) is 5.10 Å². The molecule has 182 valence electrons. The molecule has 0 spiro atoms. The zero-order valence-electron chi connectivity index (χ0n) is 19.9. The number of hydrogen-bond donors (Lipinski definition) is 2. The maximum absolute atomic E-state index is 15.9. The van der Waals surface area contributed by atoms with E-state index in [2.05, 4.69) is 42.5 Å². The molecule has 0 amide bonds. The Morgan fingerprint density at radius 3 is 2.86 bits per heavy atom. The van der Waals surface area contributed by atoms with Gasteiger partial charge in [-0.1, -0.05) is 0 Å². The number of fused-ring (bicyclic) bond motifs is 2. The van der Waals surface area contributed by atoms with E-state index in [-0.39, 0.29) is 11.9 Å². The van der Waals surface area contributed by atoms with Crippen LogP contribution in [-0.4, -0.2) is 50.2 Å². The Bertz CT molecular complexity index is 1570. The van der Waals surface area contributed by atoms with Crippen molar-refractivity contribution in [1.29, 1.82) is 0 Å². The van der Waals surface area contributed by atoms with Crippen LogP contribution in [0.4, 0.5) is 21.6 Å². The maximum Gasteiger partial charge on any atom is 0.159 e. The highest BCUT2D eigenvalue weighted by Gasteiger charge is 2.23. The minimum atomic E-state index is -0.315. The lowest BCUT2D eigenvalue weighted by Crippen LogP contribution is -2.50. The average Bonchev–Trinajstić information content (AvgIpc) is 3.35. The summed E-state index contributed by atoms with van der Waals surface area (Å²) in [6, 6.07) is 13.2. The van der Waals surface area contributed by atoms with Gasteiger partial charge in [-0.3, -0.25) is 0 Å². The molecule has 1 saturated heterocycles. The second-order valence-corrected chi connectivity index (χ2v) is 8.89. The number of piperazine rings is 1. The van der Waals surface area contributed by atoms with Crippen molar-refractivity contribution in [3.05, 3.63) is 72.7 Å². The first-order valence-corrected chi connectivity index (χ1v) is 11.8. The summed E-state index contributed by atoms with van der Waals surface area (Å²) < 4.78 is 23.6. The van der Waals surface area contributed by atoms with Crippen molar-refractivity contribution in [2.75, 3.05) is 29.9 Å². The lowest BCUT2D eigenvalue weighted by Gasteiger charge is -2.36. The largest absolute Gasteiger partial charge is 0.457 e. The normalized spacial score (nSPS) is 16.0. The highest BCUT2D eigenvalue weighted by Crippen LogP contribution is 2.34. The second kappa shape index (κ2) is 9.04. The Balaban J connectivity index is 1.29. The molecule has 0 saturated carbocycles. The zero-order valence-corrected chi connectivity index (χ0v) is 19.9. The van der Waals surface area contributed by atoms with Crippen molar-refractivity contribution in [2.45, 2.75) is 19.9 Å². The van der Waals surface area contributed by atoms with E-state index in [0.717, 1.165) is 30.9 Å². The molecule has 0 bridgehead atoms. The third-order valence-corrected chi connectivity index (χ3v) is 6.45. The summed E-state index contributed by atoms with van der Waals surface area (Å²) in [4.78, 5) is 14.9. The van der Waals surface area contributed by atoms with Crippen molar-refractivity contribution < 1.29 is 9.13 Å². The minimum Gasteiger partial charge on any atom is -0.457 e. The highest BCUT2D eigenvalue weighted by molar-refractivity contribution is 5.94. The zero-order chi connectivity index (χ0) is 24.6. The van der Waals surface area contributed by atoms with Gasteiger partial charge in [0.2, 0.25) is 0 Å². The predicted molar refractivity (Wildman–Crippen MR) is 137 cm³/mol. The van der Waals surface area contributed by atoms with Crippen LogP contribution >= 0.6 is 0 Å². The molecule has 9 nitrogen and oxygen atoms in total. The lowest BCUT2D eigenvalue weighted by molar-refractivity contribution is 0.478. The number of aryl methyl sites for hydroxylation is 1. The number of benzene rings is 2. The van der Waals surface area contributed by atoms with E-state index in [1.807, 2.05) is 49.4 Å². The number of pyridine rings is 1. The Kier molecular flexibility index (Phi) is 5.57. The molecule has 6 rings (SSSR count). The predicted octanol–water partition coefficient (Wildman–Crippen LogP) is 4.45. The molecule has 0 radical (unpaired) electrons. The van der Waals surface area contributed by atoms with Crippen molar-refractivity contribution in [1.82, 2.24) is 29.9 Å². The Labute approximate surface area is 207 Å². The molecule has 0 aliphatic carbocycles.